The second-order valence-electron chi connectivity index (χ2n) is 9.77. The maximum Gasteiger partial charge on any atom is 0.251 e. The number of rotatable bonds is 17. The Hall–Kier alpha value is -5.05. The third-order valence-corrected chi connectivity index (χ3v) is 6.46. The van der Waals surface area contributed by atoms with Gasteiger partial charge in [0, 0.05) is 43.0 Å². The summed E-state index contributed by atoms with van der Waals surface area (Å²) in [6.45, 7) is 3.43. The summed E-state index contributed by atoms with van der Waals surface area (Å²) >= 11 is 0. The monoisotopic (exact) mass is 618 g/mol. The highest BCUT2D eigenvalue weighted by atomic mass is 19.1. The lowest BCUT2D eigenvalue weighted by Crippen LogP contribution is -2.27. The topological polar surface area (TPSA) is 167 Å². The molecule has 0 aliphatic carbocycles. The zero-order valence-electron chi connectivity index (χ0n) is 24.6. The van der Waals surface area contributed by atoms with Crippen LogP contribution in [0.25, 0.3) is 0 Å². The van der Waals surface area contributed by atoms with Gasteiger partial charge in [-0.3, -0.25) is 4.79 Å². The van der Waals surface area contributed by atoms with Gasteiger partial charge in [0.25, 0.3) is 5.91 Å². The second kappa shape index (κ2) is 16.1. The average Bonchev–Trinajstić information content (AvgIpc) is 3.55. The lowest BCUT2D eigenvalue weighted by Gasteiger charge is -2.13. The number of anilines is 4. The number of halogens is 1. The van der Waals surface area contributed by atoms with Crippen LogP contribution in [0.15, 0.2) is 66.7 Å². The highest BCUT2D eigenvalue weighted by Crippen LogP contribution is 2.35. The van der Waals surface area contributed by atoms with Crippen molar-refractivity contribution < 1.29 is 28.1 Å². The number of hydrogen-bond acceptors (Lipinski definition) is 12. The van der Waals surface area contributed by atoms with Gasteiger partial charge >= 0.3 is 0 Å². The Balaban J connectivity index is 1.24. The summed E-state index contributed by atoms with van der Waals surface area (Å²) in [6, 6.07) is 18.8. The van der Waals surface area contributed by atoms with Crippen LogP contribution in [0, 0.1) is 5.82 Å². The zero-order chi connectivity index (χ0) is 31.3. The molecule has 13 nitrogen and oxygen atoms in total. The molecule has 0 saturated carbocycles. The minimum Gasteiger partial charge on any atom is -0.454 e. The fourth-order valence-corrected chi connectivity index (χ4v) is 4.29. The number of para-hydroxylation sites is 1. The van der Waals surface area contributed by atoms with Gasteiger partial charge in [-0.2, -0.15) is 15.0 Å². The zero-order valence-corrected chi connectivity index (χ0v) is 24.6. The normalized spacial score (nSPS) is 11.7. The van der Waals surface area contributed by atoms with E-state index >= 15 is 0 Å². The summed E-state index contributed by atoms with van der Waals surface area (Å²) in [7, 11) is 0. The number of carbonyl (C=O) groups excluding carboxylic acids is 1. The van der Waals surface area contributed by atoms with Crippen LogP contribution in [-0.2, 0) is 22.6 Å². The van der Waals surface area contributed by atoms with Crippen molar-refractivity contribution in [1.82, 2.24) is 20.3 Å². The third-order valence-electron chi connectivity index (χ3n) is 6.46. The first kappa shape index (κ1) is 31.4. The van der Waals surface area contributed by atoms with Gasteiger partial charge in [0.1, 0.15) is 5.82 Å². The number of nitrogens with zero attached hydrogens (tertiary/aromatic N) is 3. The van der Waals surface area contributed by atoms with Crippen molar-refractivity contribution in [2.24, 2.45) is 5.73 Å². The number of fused-ring (bicyclic) bond motifs is 1. The number of nitrogens with one attached hydrogen (secondary N) is 4. The lowest BCUT2D eigenvalue weighted by atomic mass is 10.2. The average molecular weight is 619 g/mol. The van der Waals surface area contributed by atoms with Crippen molar-refractivity contribution in [3.05, 3.63) is 89.2 Å². The molecule has 1 amide bonds. The van der Waals surface area contributed by atoms with Crippen LogP contribution in [0.1, 0.15) is 21.5 Å². The number of carbonyl (C=O) groups is 1. The lowest BCUT2D eigenvalue weighted by molar-refractivity contribution is 0.0511. The molecular weight excluding hydrogens is 583 g/mol. The molecule has 3 aromatic carbocycles. The van der Waals surface area contributed by atoms with Crippen molar-refractivity contribution in [2.75, 3.05) is 62.3 Å². The Labute approximate surface area is 259 Å². The fourth-order valence-electron chi connectivity index (χ4n) is 4.29. The molecule has 0 radical (unpaired) electrons. The van der Waals surface area contributed by atoms with Crippen molar-refractivity contribution in [2.45, 2.75) is 13.1 Å². The Kier molecular flexibility index (Phi) is 11.3. The molecule has 0 fully saturated rings. The molecule has 2 heterocycles. The SMILES string of the molecule is NCCOCCOCCNC(=O)c1cccc(Nc2nc(NCc3ccc(F)cc3)nc(NCc3cccc4c3OCO4)n2)c1. The molecule has 0 spiro atoms. The first-order valence-corrected chi connectivity index (χ1v) is 14.4. The fraction of sp³-hybridized carbons (Fsp3) is 0.290. The van der Waals surface area contributed by atoms with Gasteiger partial charge in [0.2, 0.25) is 24.6 Å². The Bertz CT molecular complexity index is 1560. The van der Waals surface area contributed by atoms with E-state index in [0.29, 0.717) is 87.3 Å². The van der Waals surface area contributed by atoms with Crippen molar-refractivity contribution in [1.29, 1.82) is 0 Å². The minimum absolute atomic E-state index is 0.166. The highest BCUT2D eigenvalue weighted by Gasteiger charge is 2.17. The van der Waals surface area contributed by atoms with E-state index in [1.54, 1.807) is 36.4 Å². The molecule has 5 rings (SSSR count). The summed E-state index contributed by atoms with van der Waals surface area (Å²) in [4.78, 5) is 26.3. The maximum atomic E-state index is 13.4. The summed E-state index contributed by atoms with van der Waals surface area (Å²) in [5, 5.41) is 12.4. The summed E-state index contributed by atoms with van der Waals surface area (Å²) < 4.78 is 35.2. The number of ether oxygens (including phenoxy) is 4. The molecule has 236 valence electrons. The summed E-state index contributed by atoms with van der Waals surface area (Å²) in [5.74, 6) is 1.63. The van der Waals surface area contributed by atoms with Crippen LogP contribution in [0.2, 0.25) is 0 Å². The highest BCUT2D eigenvalue weighted by molar-refractivity contribution is 5.95. The standard InChI is InChI=1S/C31H35FN8O5/c32-24-9-7-21(8-10-24)18-35-29-38-30(36-19-23-4-2-6-26-27(23)45-20-44-26)40-31(39-29)37-25-5-1-3-22(17-25)28(41)34-12-14-43-16-15-42-13-11-33/h1-10,17H,11-16,18-20,33H2,(H,34,41)(H3,35,36,37,38,39,40). The van der Waals surface area contributed by atoms with Crippen LogP contribution < -0.4 is 36.5 Å². The number of amides is 1. The number of hydrogen-bond donors (Lipinski definition) is 5. The van der Waals surface area contributed by atoms with Crippen LogP contribution in [0.3, 0.4) is 0 Å². The van der Waals surface area contributed by atoms with E-state index in [4.69, 9.17) is 24.7 Å². The first-order valence-electron chi connectivity index (χ1n) is 14.4. The molecular formula is C31H35FN8O5. The quantitative estimate of drug-likeness (QED) is 0.110. The molecule has 6 N–H and O–H groups in total. The van der Waals surface area contributed by atoms with Crippen LogP contribution in [0.5, 0.6) is 11.5 Å². The van der Waals surface area contributed by atoms with Gasteiger partial charge in [-0.1, -0.05) is 30.3 Å². The maximum absolute atomic E-state index is 13.4. The Morgan fingerprint density at radius 3 is 2.38 bits per heavy atom. The van der Waals surface area contributed by atoms with E-state index in [1.165, 1.54) is 12.1 Å². The molecule has 0 atom stereocenters. The number of aromatic nitrogens is 3. The molecule has 0 bridgehead atoms. The molecule has 1 aliphatic heterocycles. The van der Waals surface area contributed by atoms with Gasteiger partial charge in [-0.25, -0.2) is 4.39 Å². The third kappa shape index (κ3) is 9.47. The summed E-state index contributed by atoms with van der Waals surface area (Å²) in [5.41, 5.74) is 8.16. The van der Waals surface area contributed by atoms with E-state index in [-0.39, 0.29) is 24.5 Å². The Morgan fingerprint density at radius 1 is 0.844 bits per heavy atom. The van der Waals surface area contributed by atoms with Crippen molar-refractivity contribution >= 4 is 29.4 Å². The van der Waals surface area contributed by atoms with Gasteiger partial charge in [-0.05, 0) is 42.0 Å². The van der Waals surface area contributed by atoms with Crippen molar-refractivity contribution in [3.63, 3.8) is 0 Å². The van der Waals surface area contributed by atoms with Crippen LogP contribution >= 0.6 is 0 Å². The van der Waals surface area contributed by atoms with E-state index in [9.17, 15) is 9.18 Å². The van der Waals surface area contributed by atoms with E-state index in [0.717, 1.165) is 11.1 Å². The molecule has 4 aromatic rings. The van der Waals surface area contributed by atoms with Crippen molar-refractivity contribution in [3.8, 4) is 11.5 Å². The van der Waals surface area contributed by atoms with Crippen LogP contribution in [-0.4, -0.2) is 67.2 Å². The minimum atomic E-state index is -0.313. The van der Waals surface area contributed by atoms with Gasteiger partial charge < -0.3 is 45.9 Å². The largest absolute Gasteiger partial charge is 0.454 e. The number of nitrogens with two attached hydrogens (primary N) is 1. The molecule has 1 aromatic heterocycles. The summed E-state index contributed by atoms with van der Waals surface area (Å²) in [6.07, 6.45) is 0. The molecule has 1 aliphatic rings. The predicted octanol–water partition coefficient (Wildman–Crippen LogP) is 3.43. The van der Waals surface area contributed by atoms with Gasteiger partial charge in [0.05, 0.1) is 26.4 Å². The second-order valence-corrected chi connectivity index (χ2v) is 9.77. The first-order chi connectivity index (χ1) is 22.1. The van der Waals surface area contributed by atoms with Crippen LogP contribution in [0.4, 0.5) is 27.9 Å². The van der Waals surface area contributed by atoms with Gasteiger partial charge in [0.15, 0.2) is 11.5 Å². The Morgan fingerprint density at radius 2 is 1.58 bits per heavy atom. The molecule has 45 heavy (non-hydrogen) atoms. The smallest absolute Gasteiger partial charge is 0.251 e. The number of benzene rings is 3. The van der Waals surface area contributed by atoms with Gasteiger partial charge in [-0.15, -0.1) is 0 Å². The molecule has 0 saturated heterocycles. The predicted molar refractivity (Wildman–Crippen MR) is 166 cm³/mol. The van der Waals surface area contributed by atoms with E-state index < -0.39 is 0 Å². The van der Waals surface area contributed by atoms with E-state index in [1.807, 2.05) is 18.2 Å². The molecule has 0 unspecified atom stereocenters. The van der Waals surface area contributed by atoms with E-state index in [2.05, 4.69) is 36.2 Å². The molecule has 14 heteroatoms.